The summed E-state index contributed by atoms with van der Waals surface area (Å²) in [5.74, 6) is 1.56. The molecule has 1 heterocycles. The number of hydrogen-bond donors (Lipinski definition) is 1. The van der Waals surface area contributed by atoms with Crippen LogP contribution in [0.15, 0.2) is 18.2 Å². The van der Waals surface area contributed by atoms with Crippen molar-refractivity contribution in [2.45, 2.75) is 33.1 Å². The minimum atomic E-state index is 0.187. The highest BCUT2D eigenvalue weighted by atomic mass is 16.5. The first kappa shape index (κ1) is 15.8. The Morgan fingerprint density at radius 3 is 2.67 bits per heavy atom. The zero-order valence-corrected chi connectivity index (χ0v) is 13.3. The fourth-order valence-corrected chi connectivity index (χ4v) is 2.71. The zero-order chi connectivity index (χ0) is 15.2. The van der Waals surface area contributed by atoms with Crippen molar-refractivity contribution in [2.75, 3.05) is 32.8 Å². The van der Waals surface area contributed by atoms with E-state index in [0.29, 0.717) is 18.9 Å². The number of carbonyl (C=O) groups is 1. The molecule has 1 aliphatic heterocycles. The molecule has 1 aromatic rings. The summed E-state index contributed by atoms with van der Waals surface area (Å²) in [5, 5.41) is 3.25. The molecular weight excluding hydrogens is 264 g/mol. The number of amides is 1. The molecule has 21 heavy (non-hydrogen) atoms. The van der Waals surface area contributed by atoms with Crippen molar-refractivity contribution < 1.29 is 9.53 Å². The summed E-state index contributed by atoms with van der Waals surface area (Å²) in [6.07, 6.45) is 0.449. The van der Waals surface area contributed by atoms with Crippen molar-refractivity contribution in [3.05, 3.63) is 29.3 Å². The van der Waals surface area contributed by atoms with Crippen molar-refractivity contribution in [3.8, 4) is 5.75 Å². The van der Waals surface area contributed by atoms with Gasteiger partial charge in [-0.1, -0.05) is 19.9 Å². The second-order valence-electron chi connectivity index (χ2n) is 5.90. The van der Waals surface area contributed by atoms with E-state index in [2.05, 4.69) is 38.2 Å². The fourth-order valence-electron chi connectivity index (χ4n) is 2.71. The van der Waals surface area contributed by atoms with Gasteiger partial charge < -0.3 is 15.0 Å². The van der Waals surface area contributed by atoms with Crippen molar-refractivity contribution >= 4 is 5.91 Å². The second kappa shape index (κ2) is 7.46. The molecule has 1 fully saturated rings. The highest BCUT2D eigenvalue weighted by Gasteiger charge is 2.15. The number of rotatable bonds is 5. The maximum Gasteiger partial charge on any atom is 0.226 e. The summed E-state index contributed by atoms with van der Waals surface area (Å²) in [6, 6.07) is 6.18. The summed E-state index contributed by atoms with van der Waals surface area (Å²) in [4.78, 5) is 13.9. The summed E-state index contributed by atoms with van der Waals surface area (Å²) in [6.45, 7) is 10.3. The quantitative estimate of drug-likeness (QED) is 0.905. The van der Waals surface area contributed by atoms with Crippen molar-refractivity contribution in [1.82, 2.24) is 10.2 Å². The summed E-state index contributed by atoms with van der Waals surface area (Å²) >= 11 is 0. The van der Waals surface area contributed by atoms with Gasteiger partial charge in [0.05, 0.1) is 13.0 Å². The van der Waals surface area contributed by atoms with Crippen LogP contribution < -0.4 is 10.1 Å². The van der Waals surface area contributed by atoms with Gasteiger partial charge in [0.1, 0.15) is 5.75 Å². The van der Waals surface area contributed by atoms with E-state index >= 15 is 0 Å². The molecule has 1 aliphatic rings. The van der Waals surface area contributed by atoms with Gasteiger partial charge >= 0.3 is 0 Å². The summed E-state index contributed by atoms with van der Waals surface area (Å²) in [5.41, 5.74) is 2.59. The fraction of sp³-hybridized carbons (Fsp3) is 0.588. The Balaban J connectivity index is 1.80. The molecule has 0 aromatic heterocycles. The molecule has 4 nitrogen and oxygen atoms in total. The molecule has 0 bridgehead atoms. The molecule has 1 aromatic carbocycles. The Kier molecular flexibility index (Phi) is 5.62. The van der Waals surface area contributed by atoms with Gasteiger partial charge in [-0.2, -0.15) is 0 Å². The lowest BCUT2D eigenvalue weighted by molar-refractivity contribution is -0.132. The van der Waals surface area contributed by atoms with Crippen molar-refractivity contribution in [3.63, 3.8) is 0 Å². The number of aryl methyl sites for hydroxylation is 1. The second-order valence-corrected chi connectivity index (χ2v) is 5.90. The number of piperazine rings is 1. The lowest BCUT2D eigenvalue weighted by Crippen LogP contribution is -2.46. The highest BCUT2D eigenvalue weighted by Crippen LogP contribution is 2.23. The van der Waals surface area contributed by atoms with E-state index in [1.165, 1.54) is 11.1 Å². The van der Waals surface area contributed by atoms with Gasteiger partial charge in [-0.05, 0) is 36.1 Å². The van der Waals surface area contributed by atoms with Gasteiger partial charge in [0.25, 0.3) is 0 Å². The van der Waals surface area contributed by atoms with E-state index < -0.39 is 0 Å². The minimum absolute atomic E-state index is 0.187. The number of nitrogens with zero attached hydrogens (tertiary/aromatic N) is 1. The predicted octanol–water partition coefficient (Wildman–Crippen LogP) is 2.32. The molecule has 0 spiro atoms. The predicted molar refractivity (Wildman–Crippen MR) is 84.8 cm³/mol. The topological polar surface area (TPSA) is 41.6 Å². The van der Waals surface area contributed by atoms with Crippen LogP contribution in [0, 0.1) is 6.92 Å². The molecule has 116 valence electrons. The van der Waals surface area contributed by atoms with Gasteiger partial charge in [0.15, 0.2) is 0 Å². The Bertz CT molecular complexity index is 480. The SMILES string of the molecule is Cc1cc(OCCC(=O)N2CCNCC2)ccc1C(C)C. The van der Waals surface area contributed by atoms with Crippen LogP contribution >= 0.6 is 0 Å². The minimum Gasteiger partial charge on any atom is -0.493 e. The molecule has 0 atom stereocenters. The van der Waals surface area contributed by atoms with Crippen LogP contribution in [-0.4, -0.2) is 43.6 Å². The standard InChI is InChI=1S/C17H26N2O2/c1-13(2)16-5-4-15(12-14(16)3)21-11-6-17(20)19-9-7-18-8-10-19/h4-5,12-13,18H,6-11H2,1-3H3. The average molecular weight is 290 g/mol. The number of ether oxygens (including phenoxy) is 1. The normalized spacial score (nSPS) is 15.3. The van der Waals surface area contributed by atoms with E-state index in [1.54, 1.807) is 0 Å². The number of benzene rings is 1. The van der Waals surface area contributed by atoms with Gasteiger partial charge in [-0.25, -0.2) is 0 Å². The van der Waals surface area contributed by atoms with Gasteiger partial charge in [-0.15, -0.1) is 0 Å². The largest absolute Gasteiger partial charge is 0.493 e. The number of nitrogens with one attached hydrogen (secondary N) is 1. The van der Waals surface area contributed by atoms with E-state index in [4.69, 9.17) is 4.74 Å². The Morgan fingerprint density at radius 2 is 2.05 bits per heavy atom. The summed E-state index contributed by atoms with van der Waals surface area (Å²) in [7, 11) is 0. The van der Waals surface area contributed by atoms with Crippen LogP contribution in [0.1, 0.15) is 37.3 Å². The highest BCUT2D eigenvalue weighted by molar-refractivity contribution is 5.76. The molecule has 1 N–H and O–H groups in total. The van der Waals surface area contributed by atoms with E-state index in [-0.39, 0.29) is 5.91 Å². The van der Waals surface area contributed by atoms with E-state index in [9.17, 15) is 4.79 Å². The Labute approximate surface area is 127 Å². The molecule has 0 radical (unpaired) electrons. The molecule has 2 rings (SSSR count). The van der Waals surface area contributed by atoms with Gasteiger partial charge in [0, 0.05) is 26.2 Å². The monoisotopic (exact) mass is 290 g/mol. The lowest BCUT2D eigenvalue weighted by Gasteiger charge is -2.27. The Morgan fingerprint density at radius 1 is 1.33 bits per heavy atom. The first-order valence-corrected chi connectivity index (χ1v) is 7.80. The van der Waals surface area contributed by atoms with Crippen LogP contribution in [-0.2, 0) is 4.79 Å². The number of hydrogen-bond acceptors (Lipinski definition) is 3. The molecule has 0 saturated carbocycles. The third-order valence-electron chi connectivity index (χ3n) is 3.92. The van der Waals surface area contributed by atoms with Crippen LogP contribution in [0.2, 0.25) is 0 Å². The average Bonchev–Trinajstić information content (AvgIpc) is 2.47. The number of carbonyl (C=O) groups excluding carboxylic acids is 1. The van der Waals surface area contributed by atoms with Gasteiger partial charge in [0.2, 0.25) is 5.91 Å². The zero-order valence-electron chi connectivity index (χ0n) is 13.3. The molecule has 0 unspecified atom stereocenters. The molecule has 4 heteroatoms. The van der Waals surface area contributed by atoms with Crippen LogP contribution in [0.5, 0.6) is 5.75 Å². The molecule has 1 amide bonds. The first-order chi connectivity index (χ1) is 10.1. The summed E-state index contributed by atoms with van der Waals surface area (Å²) < 4.78 is 5.72. The third kappa shape index (κ3) is 4.46. The van der Waals surface area contributed by atoms with E-state index in [1.807, 2.05) is 11.0 Å². The van der Waals surface area contributed by atoms with Gasteiger partial charge in [-0.3, -0.25) is 4.79 Å². The smallest absolute Gasteiger partial charge is 0.226 e. The van der Waals surface area contributed by atoms with Crippen molar-refractivity contribution in [2.24, 2.45) is 0 Å². The molecule has 1 saturated heterocycles. The maximum atomic E-state index is 12.0. The Hall–Kier alpha value is -1.55. The van der Waals surface area contributed by atoms with Crippen LogP contribution in [0.25, 0.3) is 0 Å². The molecule has 0 aliphatic carbocycles. The lowest BCUT2D eigenvalue weighted by atomic mass is 9.98. The van der Waals surface area contributed by atoms with Crippen LogP contribution in [0.4, 0.5) is 0 Å². The molecular formula is C17H26N2O2. The van der Waals surface area contributed by atoms with Crippen LogP contribution in [0.3, 0.4) is 0 Å². The third-order valence-corrected chi connectivity index (χ3v) is 3.92. The first-order valence-electron chi connectivity index (χ1n) is 7.80. The van der Waals surface area contributed by atoms with E-state index in [0.717, 1.165) is 31.9 Å². The maximum absolute atomic E-state index is 12.0. The van der Waals surface area contributed by atoms with Crippen molar-refractivity contribution in [1.29, 1.82) is 0 Å².